The van der Waals surface area contributed by atoms with Gasteiger partial charge in [0.25, 0.3) is 0 Å². The minimum atomic E-state index is -0.505. The number of aliphatic hydroxyl groups excluding tert-OH is 1. The molecule has 8 heteroatoms. The zero-order valence-electron chi connectivity index (χ0n) is 15.4. The maximum absolute atomic E-state index is 12.5. The van der Waals surface area contributed by atoms with Gasteiger partial charge in [-0.2, -0.15) is 4.80 Å². The van der Waals surface area contributed by atoms with Gasteiger partial charge in [0.15, 0.2) is 6.04 Å². The minimum Gasteiger partial charge on any atom is -0.396 e. The lowest BCUT2D eigenvalue weighted by Gasteiger charge is -2.21. The number of carbonyl (C=O) groups excluding carboxylic acids is 1. The summed E-state index contributed by atoms with van der Waals surface area (Å²) in [6, 6.07) is 6.64. The number of tetrazole rings is 1. The van der Waals surface area contributed by atoms with Crippen LogP contribution in [-0.4, -0.2) is 44.4 Å². The molecule has 0 radical (unpaired) electrons. The number of nitrogens with zero attached hydrogens (tertiary/aromatic N) is 4. The number of benzene rings is 1. The van der Waals surface area contributed by atoms with E-state index in [9.17, 15) is 9.90 Å². The number of aliphatic hydroxyl groups is 1. The quantitative estimate of drug-likeness (QED) is 0.653. The van der Waals surface area contributed by atoms with Crippen molar-refractivity contribution in [3.8, 4) is 11.4 Å². The van der Waals surface area contributed by atoms with E-state index in [2.05, 4.69) is 20.7 Å². The van der Waals surface area contributed by atoms with Crippen LogP contribution in [0.5, 0.6) is 0 Å². The fourth-order valence-corrected chi connectivity index (χ4v) is 2.63. The Kier molecular flexibility index (Phi) is 7.11. The second kappa shape index (κ2) is 9.09. The van der Waals surface area contributed by atoms with E-state index in [4.69, 9.17) is 11.6 Å². The van der Waals surface area contributed by atoms with Gasteiger partial charge < -0.3 is 10.4 Å². The lowest BCUT2D eigenvalue weighted by atomic mass is 9.89. The molecule has 1 aromatic heterocycles. The summed E-state index contributed by atoms with van der Waals surface area (Å²) in [5.74, 6) is 0.326. The number of nitrogens with one attached hydrogen (secondary N) is 1. The van der Waals surface area contributed by atoms with Crippen LogP contribution in [0.15, 0.2) is 24.3 Å². The van der Waals surface area contributed by atoms with Crippen LogP contribution in [0.1, 0.15) is 46.1 Å². The molecule has 1 aromatic carbocycles. The Hall–Kier alpha value is -1.99. The second-order valence-electron chi connectivity index (χ2n) is 7.08. The molecule has 26 heavy (non-hydrogen) atoms. The van der Waals surface area contributed by atoms with Crippen molar-refractivity contribution in [1.82, 2.24) is 25.5 Å². The van der Waals surface area contributed by atoms with Gasteiger partial charge in [0.2, 0.25) is 11.7 Å². The molecule has 0 fully saturated rings. The largest absolute Gasteiger partial charge is 0.396 e. The average molecular weight is 380 g/mol. The first-order valence-electron chi connectivity index (χ1n) is 8.80. The minimum absolute atomic E-state index is 0.129. The number of hydrogen-bond acceptors (Lipinski definition) is 5. The number of rotatable bonds is 9. The van der Waals surface area contributed by atoms with Crippen LogP contribution < -0.4 is 5.32 Å². The van der Waals surface area contributed by atoms with Crippen LogP contribution in [0.3, 0.4) is 0 Å². The van der Waals surface area contributed by atoms with Crippen LogP contribution in [0, 0.1) is 5.41 Å². The molecule has 1 heterocycles. The van der Waals surface area contributed by atoms with Crippen molar-refractivity contribution < 1.29 is 9.90 Å². The Labute approximate surface area is 158 Å². The van der Waals surface area contributed by atoms with Gasteiger partial charge in [0, 0.05) is 23.7 Å². The highest BCUT2D eigenvalue weighted by molar-refractivity contribution is 6.30. The van der Waals surface area contributed by atoms with Crippen molar-refractivity contribution in [2.75, 3.05) is 13.2 Å². The zero-order chi connectivity index (χ0) is 19.2. The maximum Gasteiger partial charge on any atom is 0.246 e. The third kappa shape index (κ3) is 5.51. The first-order valence-corrected chi connectivity index (χ1v) is 9.18. The second-order valence-corrected chi connectivity index (χ2v) is 7.52. The highest BCUT2D eigenvalue weighted by Gasteiger charge is 2.22. The van der Waals surface area contributed by atoms with Gasteiger partial charge >= 0.3 is 0 Å². The van der Waals surface area contributed by atoms with Crippen LogP contribution in [0.25, 0.3) is 11.4 Å². The number of aromatic nitrogens is 4. The van der Waals surface area contributed by atoms with E-state index in [-0.39, 0.29) is 17.9 Å². The number of hydrogen-bond donors (Lipinski definition) is 2. The van der Waals surface area contributed by atoms with Crippen LogP contribution in [-0.2, 0) is 4.79 Å². The van der Waals surface area contributed by atoms with E-state index in [0.29, 0.717) is 23.8 Å². The smallest absolute Gasteiger partial charge is 0.246 e. The van der Waals surface area contributed by atoms with Crippen LogP contribution >= 0.6 is 11.6 Å². The van der Waals surface area contributed by atoms with Gasteiger partial charge in [-0.3, -0.25) is 4.79 Å². The Balaban J connectivity index is 1.95. The van der Waals surface area contributed by atoms with Crippen molar-refractivity contribution in [2.45, 2.75) is 46.1 Å². The van der Waals surface area contributed by atoms with Crippen molar-refractivity contribution in [3.63, 3.8) is 0 Å². The SMILES string of the molecule is CC[C@@H](C(=O)NCCCC(C)(C)CO)n1nnc(-c2ccc(Cl)cc2)n1. The van der Waals surface area contributed by atoms with Crippen molar-refractivity contribution >= 4 is 17.5 Å². The highest BCUT2D eigenvalue weighted by Crippen LogP contribution is 2.21. The summed E-state index contributed by atoms with van der Waals surface area (Å²) in [5.41, 5.74) is 0.665. The Bertz CT molecular complexity index is 715. The van der Waals surface area contributed by atoms with E-state index in [0.717, 1.165) is 18.4 Å². The molecular weight excluding hydrogens is 354 g/mol. The fraction of sp³-hybridized carbons (Fsp3) is 0.556. The summed E-state index contributed by atoms with van der Waals surface area (Å²) in [6.07, 6.45) is 2.20. The molecule has 7 nitrogen and oxygen atoms in total. The summed E-state index contributed by atoms with van der Waals surface area (Å²) in [6.45, 7) is 6.60. The van der Waals surface area contributed by atoms with E-state index < -0.39 is 6.04 Å². The lowest BCUT2D eigenvalue weighted by molar-refractivity contribution is -0.125. The molecule has 0 unspecified atom stereocenters. The third-order valence-electron chi connectivity index (χ3n) is 4.26. The molecule has 2 N–H and O–H groups in total. The van der Waals surface area contributed by atoms with Gasteiger partial charge in [-0.1, -0.05) is 32.4 Å². The Morgan fingerprint density at radius 1 is 1.35 bits per heavy atom. The molecule has 1 atom stereocenters. The van der Waals surface area contributed by atoms with Crippen molar-refractivity contribution in [2.24, 2.45) is 5.41 Å². The average Bonchev–Trinajstić information content (AvgIpc) is 3.10. The Morgan fingerprint density at radius 3 is 2.65 bits per heavy atom. The molecule has 2 aromatic rings. The van der Waals surface area contributed by atoms with Gasteiger partial charge in [-0.25, -0.2) is 0 Å². The standard InChI is InChI=1S/C18H26ClN5O2/c1-4-15(17(26)20-11-5-10-18(2,3)12-25)24-22-16(21-23-24)13-6-8-14(19)9-7-13/h6-9,15,25H,4-5,10-12H2,1-3H3,(H,20,26)/t15-/m0/s1. The van der Waals surface area contributed by atoms with E-state index >= 15 is 0 Å². The van der Waals surface area contributed by atoms with E-state index in [1.54, 1.807) is 12.1 Å². The van der Waals surface area contributed by atoms with Crippen molar-refractivity contribution in [1.29, 1.82) is 0 Å². The predicted molar refractivity (Wildman–Crippen MR) is 101 cm³/mol. The number of amides is 1. The molecule has 2 rings (SSSR count). The van der Waals surface area contributed by atoms with Crippen LogP contribution in [0.4, 0.5) is 0 Å². The first kappa shape index (κ1) is 20.3. The maximum atomic E-state index is 12.5. The summed E-state index contributed by atoms with van der Waals surface area (Å²) in [5, 5.41) is 25.2. The summed E-state index contributed by atoms with van der Waals surface area (Å²) in [4.78, 5) is 13.8. The first-order chi connectivity index (χ1) is 12.4. The zero-order valence-corrected chi connectivity index (χ0v) is 16.2. The number of carbonyl (C=O) groups is 1. The van der Waals surface area contributed by atoms with Gasteiger partial charge in [-0.15, -0.1) is 10.2 Å². The molecule has 0 saturated carbocycles. The van der Waals surface area contributed by atoms with Gasteiger partial charge in [0.05, 0.1) is 0 Å². The topological polar surface area (TPSA) is 92.9 Å². The fourth-order valence-electron chi connectivity index (χ4n) is 2.50. The van der Waals surface area contributed by atoms with Gasteiger partial charge in [0.1, 0.15) is 0 Å². The van der Waals surface area contributed by atoms with Crippen LogP contribution in [0.2, 0.25) is 5.02 Å². The lowest BCUT2D eigenvalue weighted by Crippen LogP contribution is -2.34. The highest BCUT2D eigenvalue weighted by atomic mass is 35.5. The van der Waals surface area contributed by atoms with Gasteiger partial charge in [-0.05, 0) is 54.2 Å². The van der Waals surface area contributed by atoms with E-state index in [1.807, 2.05) is 32.9 Å². The normalized spacial score (nSPS) is 12.8. The monoisotopic (exact) mass is 379 g/mol. The molecule has 0 spiro atoms. The molecule has 142 valence electrons. The third-order valence-corrected chi connectivity index (χ3v) is 4.51. The summed E-state index contributed by atoms with van der Waals surface area (Å²) < 4.78 is 0. The number of halogens is 1. The molecular formula is C18H26ClN5O2. The van der Waals surface area contributed by atoms with E-state index in [1.165, 1.54) is 4.80 Å². The summed E-state index contributed by atoms with van der Waals surface area (Å²) >= 11 is 5.89. The van der Waals surface area contributed by atoms with Crippen molar-refractivity contribution in [3.05, 3.63) is 29.3 Å². The summed E-state index contributed by atoms with van der Waals surface area (Å²) in [7, 11) is 0. The molecule has 1 amide bonds. The Morgan fingerprint density at radius 2 is 2.04 bits per heavy atom. The molecule has 0 aliphatic carbocycles. The molecule has 0 aliphatic heterocycles. The molecule has 0 bridgehead atoms. The molecule has 0 aliphatic rings. The predicted octanol–water partition coefficient (Wildman–Crippen LogP) is 2.86. The molecule has 0 saturated heterocycles.